The van der Waals surface area contributed by atoms with Gasteiger partial charge in [0.1, 0.15) is 6.54 Å². The first-order valence-electron chi connectivity index (χ1n) is 6.52. The highest BCUT2D eigenvalue weighted by Gasteiger charge is 2.13. The van der Waals surface area contributed by atoms with Crippen LogP contribution in [0.3, 0.4) is 0 Å². The Morgan fingerprint density at radius 2 is 1.86 bits per heavy atom. The second kappa shape index (κ2) is 7.42. The standard InChI is InChI=1S/C15H15ClN4O2/c1-20(15(22)19-12-5-7-17-8-6-12)10-14(21)18-13-4-2-3-11(16)9-13/h2-9H,10H2,1H3,(H,18,21)(H,17,19,22). The van der Waals surface area contributed by atoms with E-state index in [4.69, 9.17) is 11.6 Å². The highest BCUT2D eigenvalue weighted by atomic mass is 35.5. The van der Waals surface area contributed by atoms with Gasteiger partial charge in [0.2, 0.25) is 5.91 Å². The van der Waals surface area contributed by atoms with Gasteiger partial charge >= 0.3 is 6.03 Å². The molecule has 22 heavy (non-hydrogen) atoms. The Morgan fingerprint density at radius 1 is 1.14 bits per heavy atom. The van der Waals surface area contributed by atoms with E-state index < -0.39 is 0 Å². The number of carbonyl (C=O) groups is 2. The Hall–Kier alpha value is -2.60. The third-order valence-electron chi connectivity index (χ3n) is 2.77. The normalized spacial score (nSPS) is 9.91. The van der Waals surface area contributed by atoms with Crippen LogP contribution in [0, 0.1) is 0 Å². The molecule has 0 fully saturated rings. The van der Waals surface area contributed by atoms with Crippen LogP contribution < -0.4 is 10.6 Å². The van der Waals surface area contributed by atoms with Gasteiger partial charge < -0.3 is 15.5 Å². The van der Waals surface area contributed by atoms with Crippen LogP contribution in [0.4, 0.5) is 16.2 Å². The van der Waals surface area contributed by atoms with Crippen LogP contribution >= 0.6 is 11.6 Å². The van der Waals surface area contributed by atoms with Crippen molar-refractivity contribution < 1.29 is 9.59 Å². The fourth-order valence-corrected chi connectivity index (χ4v) is 1.90. The summed E-state index contributed by atoms with van der Waals surface area (Å²) in [4.78, 5) is 29.0. The summed E-state index contributed by atoms with van der Waals surface area (Å²) in [5.74, 6) is -0.311. The highest BCUT2D eigenvalue weighted by molar-refractivity contribution is 6.30. The highest BCUT2D eigenvalue weighted by Crippen LogP contribution is 2.14. The molecule has 0 bridgehead atoms. The van der Waals surface area contributed by atoms with Gasteiger partial charge in [0, 0.05) is 35.8 Å². The van der Waals surface area contributed by atoms with E-state index in [1.165, 1.54) is 11.9 Å². The first-order valence-corrected chi connectivity index (χ1v) is 6.90. The number of halogens is 1. The first kappa shape index (κ1) is 15.8. The topological polar surface area (TPSA) is 74.3 Å². The molecule has 0 saturated carbocycles. The number of carbonyl (C=O) groups excluding carboxylic acids is 2. The second-order valence-corrected chi connectivity index (χ2v) is 5.02. The molecule has 1 aromatic carbocycles. The number of amides is 3. The maximum absolute atomic E-state index is 11.9. The number of hydrogen-bond donors (Lipinski definition) is 2. The molecule has 0 aliphatic rings. The molecule has 0 unspecified atom stereocenters. The Morgan fingerprint density at radius 3 is 2.55 bits per heavy atom. The smallest absolute Gasteiger partial charge is 0.322 e. The molecule has 114 valence electrons. The average Bonchev–Trinajstić information content (AvgIpc) is 2.48. The van der Waals surface area contributed by atoms with E-state index in [2.05, 4.69) is 15.6 Å². The monoisotopic (exact) mass is 318 g/mol. The molecule has 2 rings (SSSR count). The molecule has 2 aromatic rings. The summed E-state index contributed by atoms with van der Waals surface area (Å²) in [7, 11) is 1.54. The van der Waals surface area contributed by atoms with Crippen molar-refractivity contribution in [2.45, 2.75) is 0 Å². The molecular weight excluding hydrogens is 304 g/mol. The van der Waals surface area contributed by atoms with Crippen molar-refractivity contribution in [2.24, 2.45) is 0 Å². The lowest BCUT2D eigenvalue weighted by Gasteiger charge is -2.17. The Kier molecular flexibility index (Phi) is 5.32. The van der Waals surface area contributed by atoms with Crippen molar-refractivity contribution >= 4 is 34.9 Å². The largest absolute Gasteiger partial charge is 0.324 e. The molecule has 0 atom stereocenters. The second-order valence-electron chi connectivity index (χ2n) is 4.58. The summed E-state index contributed by atoms with van der Waals surface area (Å²) < 4.78 is 0. The van der Waals surface area contributed by atoms with Crippen molar-refractivity contribution in [3.8, 4) is 0 Å². The van der Waals surface area contributed by atoms with Crippen LogP contribution in [0.25, 0.3) is 0 Å². The number of nitrogens with zero attached hydrogens (tertiary/aromatic N) is 2. The molecule has 0 spiro atoms. The lowest BCUT2D eigenvalue weighted by atomic mass is 10.3. The van der Waals surface area contributed by atoms with Crippen LogP contribution in [0.5, 0.6) is 0 Å². The Balaban J connectivity index is 1.86. The molecule has 0 aliphatic carbocycles. The van der Waals surface area contributed by atoms with Crippen molar-refractivity contribution in [1.82, 2.24) is 9.88 Å². The Labute approximate surface area is 133 Å². The van der Waals surface area contributed by atoms with Gasteiger partial charge in [0.15, 0.2) is 0 Å². The van der Waals surface area contributed by atoms with Gasteiger partial charge in [-0.15, -0.1) is 0 Å². The maximum Gasteiger partial charge on any atom is 0.322 e. The molecule has 0 aliphatic heterocycles. The predicted molar refractivity (Wildman–Crippen MR) is 86.0 cm³/mol. The van der Waals surface area contributed by atoms with Gasteiger partial charge in [-0.2, -0.15) is 0 Å². The zero-order chi connectivity index (χ0) is 15.9. The van der Waals surface area contributed by atoms with E-state index in [0.29, 0.717) is 16.4 Å². The fourth-order valence-electron chi connectivity index (χ4n) is 1.71. The van der Waals surface area contributed by atoms with Crippen molar-refractivity contribution in [2.75, 3.05) is 24.2 Å². The van der Waals surface area contributed by atoms with E-state index in [0.717, 1.165) is 0 Å². The number of urea groups is 1. The van der Waals surface area contributed by atoms with Crippen LogP contribution in [0.1, 0.15) is 0 Å². The molecular formula is C15H15ClN4O2. The zero-order valence-corrected chi connectivity index (χ0v) is 12.7. The summed E-state index contributed by atoms with van der Waals surface area (Å²) in [6.07, 6.45) is 3.14. The number of nitrogens with one attached hydrogen (secondary N) is 2. The number of benzene rings is 1. The molecule has 7 heteroatoms. The molecule has 1 aromatic heterocycles. The van der Waals surface area contributed by atoms with Gasteiger partial charge in [0.05, 0.1) is 0 Å². The van der Waals surface area contributed by atoms with Gasteiger partial charge in [-0.05, 0) is 30.3 Å². The van der Waals surface area contributed by atoms with E-state index in [1.54, 1.807) is 48.8 Å². The summed E-state index contributed by atoms with van der Waals surface area (Å²) in [6.45, 7) is -0.0799. The number of aromatic nitrogens is 1. The number of pyridine rings is 1. The van der Waals surface area contributed by atoms with Gasteiger partial charge in [-0.1, -0.05) is 17.7 Å². The third-order valence-corrected chi connectivity index (χ3v) is 3.00. The van der Waals surface area contributed by atoms with Gasteiger partial charge in [-0.3, -0.25) is 9.78 Å². The number of hydrogen-bond acceptors (Lipinski definition) is 3. The van der Waals surface area contributed by atoms with Crippen LogP contribution in [-0.4, -0.2) is 35.4 Å². The zero-order valence-electron chi connectivity index (χ0n) is 11.9. The number of anilines is 2. The molecule has 0 radical (unpaired) electrons. The Bertz CT molecular complexity index is 664. The molecule has 2 N–H and O–H groups in total. The lowest BCUT2D eigenvalue weighted by molar-refractivity contribution is -0.116. The summed E-state index contributed by atoms with van der Waals surface area (Å²) >= 11 is 5.84. The van der Waals surface area contributed by atoms with Crippen LogP contribution in [-0.2, 0) is 4.79 Å². The summed E-state index contributed by atoms with van der Waals surface area (Å²) in [5, 5.41) is 5.87. The van der Waals surface area contributed by atoms with Gasteiger partial charge in [-0.25, -0.2) is 4.79 Å². The summed E-state index contributed by atoms with van der Waals surface area (Å²) in [5.41, 5.74) is 1.20. The van der Waals surface area contributed by atoms with Crippen molar-refractivity contribution in [1.29, 1.82) is 0 Å². The van der Waals surface area contributed by atoms with E-state index in [-0.39, 0.29) is 18.5 Å². The van der Waals surface area contributed by atoms with E-state index in [1.807, 2.05) is 0 Å². The molecule has 1 heterocycles. The lowest BCUT2D eigenvalue weighted by Crippen LogP contribution is -2.37. The number of likely N-dealkylation sites (N-methyl/N-ethyl adjacent to an activating group) is 1. The molecule has 3 amide bonds. The SMILES string of the molecule is CN(CC(=O)Nc1cccc(Cl)c1)C(=O)Nc1ccncc1. The summed E-state index contributed by atoms with van der Waals surface area (Å²) in [6, 6.07) is 9.75. The average molecular weight is 319 g/mol. The maximum atomic E-state index is 11.9. The predicted octanol–water partition coefficient (Wildman–Crippen LogP) is 2.84. The van der Waals surface area contributed by atoms with E-state index >= 15 is 0 Å². The van der Waals surface area contributed by atoms with E-state index in [9.17, 15) is 9.59 Å². The molecule has 6 nitrogen and oxygen atoms in total. The minimum Gasteiger partial charge on any atom is -0.324 e. The minimum atomic E-state index is -0.382. The van der Waals surface area contributed by atoms with Crippen molar-refractivity contribution in [3.05, 3.63) is 53.8 Å². The quantitative estimate of drug-likeness (QED) is 0.910. The third kappa shape index (κ3) is 4.75. The minimum absolute atomic E-state index is 0.0799. The van der Waals surface area contributed by atoms with Gasteiger partial charge in [0.25, 0.3) is 0 Å². The number of rotatable bonds is 4. The van der Waals surface area contributed by atoms with Crippen LogP contribution in [0.15, 0.2) is 48.8 Å². The molecule has 0 saturated heterocycles. The fraction of sp³-hybridized carbons (Fsp3) is 0.133. The first-order chi connectivity index (χ1) is 10.5. The van der Waals surface area contributed by atoms with Crippen molar-refractivity contribution in [3.63, 3.8) is 0 Å². The van der Waals surface area contributed by atoms with Crippen LogP contribution in [0.2, 0.25) is 5.02 Å².